The minimum Gasteiger partial charge on any atom is -0.346 e. The first kappa shape index (κ1) is 29.8. The second-order valence-electron chi connectivity index (χ2n) is 12.1. The first-order valence-electron chi connectivity index (χ1n) is 13.9. The number of phosphoric acid groups is 1. The number of nitrogens with one attached hydrogen (secondary N) is 1. The van der Waals surface area contributed by atoms with E-state index in [1.54, 1.807) is 58.9 Å². The van der Waals surface area contributed by atoms with Crippen LogP contribution in [0.2, 0.25) is 5.02 Å². The molecule has 1 aromatic carbocycles. The van der Waals surface area contributed by atoms with Crippen LogP contribution in [-0.2, 0) is 46.6 Å². The molecule has 1 unspecified atom stereocenters. The fraction of sp³-hybridized carbons (Fsp3) is 0.630. The summed E-state index contributed by atoms with van der Waals surface area (Å²) in [5, 5.41) is 0.519. The van der Waals surface area contributed by atoms with Gasteiger partial charge in [-0.25, -0.2) is 9.36 Å². The van der Waals surface area contributed by atoms with E-state index in [1.165, 1.54) is 10.8 Å². The fourth-order valence-corrected chi connectivity index (χ4v) is 7.85. The minimum atomic E-state index is -4.29. The maximum absolute atomic E-state index is 14.2. The summed E-state index contributed by atoms with van der Waals surface area (Å²) in [6, 6.07) is 6.87. The van der Waals surface area contributed by atoms with E-state index in [0.29, 0.717) is 16.1 Å². The lowest BCUT2D eigenvalue weighted by atomic mass is 9.99. The number of ether oxygens (including phenoxy) is 6. The summed E-state index contributed by atoms with van der Waals surface area (Å²) in [4.78, 5) is 26.9. The van der Waals surface area contributed by atoms with Gasteiger partial charge in [-0.2, -0.15) is 0 Å². The van der Waals surface area contributed by atoms with Gasteiger partial charge in [0.05, 0.1) is 6.61 Å². The highest BCUT2D eigenvalue weighted by atomic mass is 35.5. The Morgan fingerprint density at radius 2 is 1.58 bits per heavy atom. The van der Waals surface area contributed by atoms with Gasteiger partial charge in [-0.05, 0) is 52.3 Å². The molecule has 5 fully saturated rings. The quantitative estimate of drug-likeness (QED) is 0.477. The Hall–Kier alpha value is -1.94. The number of aromatic amines is 1. The van der Waals surface area contributed by atoms with E-state index >= 15 is 0 Å². The average Bonchev–Trinajstić information content (AvgIpc) is 3.61. The Bertz CT molecular complexity index is 1580. The molecule has 0 bridgehead atoms. The van der Waals surface area contributed by atoms with E-state index in [-0.39, 0.29) is 6.61 Å². The number of hydrogen-bond acceptors (Lipinski definition) is 12. The summed E-state index contributed by atoms with van der Waals surface area (Å²) in [7, 11) is -4.29. The van der Waals surface area contributed by atoms with Crippen molar-refractivity contribution in [1.29, 1.82) is 0 Å². The van der Waals surface area contributed by atoms with Crippen molar-refractivity contribution in [1.82, 2.24) is 9.55 Å². The molecule has 16 heteroatoms. The molecule has 7 rings (SSSR count). The van der Waals surface area contributed by atoms with E-state index in [4.69, 9.17) is 53.6 Å². The Labute approximate surface area is 251 Å². The lowest BCUT2D eigenvalue weighted by Gasteiger charge is -2.38. The summed E-state index contributed by atoms with van der Waals surface area (Å²) in [5.41, 5.74) is -0.219. The topological polar surface area (TPSA) is 155 Å². The highest BCUT2D eigenvalue weighted by Gasteiger charge is 2.63. The number of hydrogen-bond donors (Lipinski definition) is 1. The third-order valence-corrected chi connectivity index (χ3v) is 9.66. The summed E-state index contributed by atoms with van der Waals surface area (Å²) in [5.74, 6) is -1.94. The van der Waals surface area contributed by atoms with Crippen LogP contribution in [0.3, 0.4) is 0 Å². The van der Waals surface area contributed by atoms with E-state index in [1.807, 2.05) is 0 Å². The molecule has 1 aromatic heterocycles. The van der Waals surface area contributed by atoms with Crippen molar-refractivity contribution in [2.45, 2.75) is 101 Å². The summed E-state index contributed by atoms with van der Waals surface area (Å²) in [6.45, 7) is 8.24. The molecular weight excluding hydrogens is 611 g/mol. The number of aryl methyl sites for hydroxylation is 1. The molecule has 0 aliphatic carbocycles. The zero-order valence-electron chi connectivity index (χ0n) is 24.0. The molecular formula is C27H32ClN2O12P. The van der Waals surface area contributed by atoms with Crippen LogP contribution in [0.4, 0.5) is 0 Å². The Morgan fingerprint density at radius 1 is 0.907 bits per heavy atom. The van der Waals surface area contributed by atoms with Crippen molar-refractivity contribution in [2.24, 2.45) is 0 Å². The van der Waals surface area contributed by atoms with Gasteiger partial charge < -0.3 is 28.4 Å². The van der Waals surface area contributed by atoms with Crippen molar-refractivity contribution in [3.05, 3.63) is 67.4 Å². The lowest BCUT2D eigenvalue weighted by molar-refractivity contribution is -0.232. The van der Waals surface area contributed by atoms with Gasteiger partial charge in [0.25, 0.3) is 5.56 Å². The molecule has 0 radical (unpaired) electrons. The molecule has 5 saturated heterocycles. The molecule has 5 aliphatic rings. The molecule has 14 nitrogen and oxygen atoms in total. The average molecular weight is 643 g/mol. The predicted molar refractivity (Wildman–Crippen MR) is 146 cm³/mol. The van der Waals surface area contributed by atoms with Gasteiger partial charge in [-0.3, -0.25) is 27.9 Å². The van der Waals surface area contributed by atoms with Crippen LogP contribution in [0.25, 0.3) is 0 Å². The van der Waals surface area contributed by atoms with Crippen molar-refractivity contribution in [2.75, 3.05) is 6.61 Å². The minimum absolute atomic E-state index is 0.298. The molecule has 0 spiro atoms. The number of rotatable bonds is 5. The molecule has 0 amide bonds. The lowest BCUT2D eigenvalue weighted by Crippen LogP contribution is -2.43. The maximum Gasteiger partial charge on any atom is 0.476 e. The Morgan fingerprint density at radius 3 is 2.33 bits per heavy atom. The van der Waals surface area contributed by atoms with Gasteiger partial charge in [0.1, 0.15) is 42.7 Å². The molecule has 10 atom stereocenters. The Balaban J connectivity index is 1.15. The van der Waals surface area contributed by atoms with E-state index in [0.717, 1.165) is 0 Å². The number of benzene rings is 1. The molecule has 43 heavy (non-hydrogen) atoms. The zero-order chi connectivity index (χ0) is 30.5. The van der Waals surface area contributed by atoms with Crippen LogP contribution < -0.4 is 11.2 Å². The van der Waals surface area contributed by atoms with Gasteiger partial charge >= 0.3 is 13.5 Å². The smallest absolute Gasteiger partial charge is 0.346 e. The normalized spacial score (nSPS) is 40.7. The standard InChI is InChI=1S/C27H32ClN2O12P/c1-12-10-30(25(32)29-22(12)31)23-20-17(37-26(2,3)38-20)15(35-23)11-34-43(33)41-16(13-6-8-14(28)9-7-13)18-19(42-43)21-24(36-18)40-27(4,5)39-21/h6-10,15-21,23-24H,11H2,1-5H3,(H,29,31,32)/t15-,16+,17-,18-,19+,20-,21-,23-,24-,43?/m1/s1. The largest absolute Gasteiger partial charge is 0.476 e. The number of nitrogens with zero attached hydrogens (tertiary/aromatic N) is 1. The predicted octanol–water partition coefficient (Wildman–Crippen LogP) is 3.07. The van der Waals surface area contributed by atoms with Gasteiger partial charge in [-0.15, -0.1) is 0 Å². The number of phosphoric ester groups is 1. The van der Waals surface area contributed by atoms with Crippen molar-refractivity contribution in [3.8, 4) is 0 Å². The highest BCUT2D eigenvalue weighted by Crippen LogP contribution is 2.63. The van der Waals surface area contributed by atoms with Crippen LogP contribution in [0.5, 0.6) is 0 Å². The second-order valence-corrected chi connectivity index (χ2v) is 14.1. The number of aromatic nitrogens is 2. The van der Waals surface area contributed by atoms with Crippen LogP contribution in [0, 0.1) is 6.92 Å². The van der Waals surface area contributed by atoms with E-state index < -0.39 is 85.9 Å². The van der Waals surface area contributed by atoms with E-state index in [9.17, 15) is 14.2 Å². The van der Waals surface area contributed by atoms with Crippen LogP contribution in [0.1, 0.15) is 51.2 Å². The number of fused-ring (bicyclic) bond motifs is 4. The zero-order valence-corrected chi connectivity index (χ0v) is 25.6. The first-order chi connectivity index (χ1) is 20.2. The van der Waals surface area contributed by atoms with Gasteiger partial charge in [0, 0.05) is 16.8 Å². The van der Waals surface area contributed by atoms with E-state index in [2.05, 4.69) is 4.98 Å². The van der Waals surface area contributed by atoms with Crippen LogP contribution in [-0.4, -0.2) is 70.6 Å². The number of H-pyrrole nitrogens is 1. The molecule has 2 aromatic rings. The third kappa shape index (κ3) is 5.36. The van der Waals surface area contributed by atoms with Crippen LogP contribution >= 0.6 is 19.4 Å². The van der Waals surface area contributed by atoms with Gasteiger partial charge in [-0.1, -0.05) is 23.7 Å². The second kappa shape index (κ2) is 10.3. The van der Waals surface area contributed by atoms with Crippen molar-refractivity contribution in [3.63, 3.8) is 0 Å². The maximum atomic E-state index is 14.2. The SMILES string of the molecule is Cc1cn([C@@H]2O[C@H](COP3(=O)O[C@@H]4[C@H]5OC(C)(C)O[C@H]5O[C@@H]4[C@H](c4ccc(Cl)cc4)O3)[C@H]3OC(C)(C)O[C@H]32)c(=O)[nH]c1=O. The Kier molecular flexibility index (Phi) is 7.12. The monoisotopic (exact) mass is 642 g/mol. The van der Waals surface area contributed by atoms with Gasteiger partial charge in [0.2, 0.25) is 0 Å². The molecule has 1 N–H and O–H groups in total. The molecule has 6 heterocycles. The van der Waals surface area contributed by atoms with Crippen molar-refractivity contribution >= 4 is 19.4 Å². The summed E-state index contributed by atoms with van der Waals surface area (Å²) < 4.78 is 69.7. The van der Waals surface area contributed by atoms with Gasteiger partial charge in [0.15, 0.2) is 24.1 Å². The fourth-order valence-electron chi connectivity index (χ4n) is 6.16. The third-order valence-electron chi connectivity index (χ3n) is 7.96. The molecule has 5 aliphatic heterocycles. The highest BCUT2D eigenvalue weighted by molar-refractivity contribution is 7.48. The summed E-state index contributed by atoms with van der Waals surface area (Å²) in [6.07, 6.45) is -5.71. The molecule has 234 valence electrons. The van der Waals surface area contributed by atoms with Crippen LogP contribution in [0.15, 0.2) is 40.1 Å². The first-order valence-corrected chi connectivity index (χ1v) is 15.8. The number of halogens is 1. The molecule has 0 saturated carbocycles. The van der Waals surface area contributed by atoms with Crippen molar-refractivity contribution < 1.29 is 46.6 Å². The summed E-state index contributed by atoms with van der Waals surface area (Å²) >= 11 is 6.11.